The number of aromatic carboxylic acids is 1. The molecule has 0 saturated carbocycles. The monoisotopic (exact) mass is 280 g/mol. The second kappa shape index (κ2) is 5.49. The van der Waals surface area contributed by atoms with Gasteiger partial charge in [-0.15, -0.1) is 0 Å². The van der Waals surface area contributed by atoms with E-state index in [0.717, 1.165) is 0 Å². The number of carbonyl (C=O) groups excluding carboxylic acids is 1. The van der Waals surface area contributed by atoms with E-state index in [9.17, 15) is 9.59 Å². The van der Waals surface area contributed by atoms with Gasteiger partial charge in [0.05, 0.1) is 16.8 Å². The quantitative estimate of drug-likeness (QED) is 0.879. The Morgan fingerprint density at radius 1 is 1.37 bits per heavy atom. The number of anilines is 1. The molecule has 0 unspecified atom stereocenters. The third kappa shape index (κ3) is 3.52. The van der Waals surface area contributed by atoms with Crippen LogP contribution in [0.25, 0.3) is 0 Å². The molecular weight excluding hydrogens is 272 g/mol. The van der Waals surface area contributed by atoms with Gasteiger partial charge in [0.1, 0.15) is 12.4 Å². The van der Waals surface area contributed by atoms with Gasteiger partial charge in [-0.3, -0.25) is 9.48 Å². The Labute approximate surface area is 112 Å². The number of nitrogens with one attached hydrogen (secondary N) is 1. The zero-order chi connectivity index (χ0) is 13.8. The van der Waals surface area contributed by atoms with Crippen molar-refractivity contribution in [3.63, 3.8) is 0 Å². The molecule has 0 aliphatic rings. The third-order valence-electron chi connectivity index (χ3n) is 2.18. The van der Waals surface area contributed by atoms with Crippen molar-refractivity contribution in [3.8, 4) is 0 Å². The number of nitrogens with zero attached hydrogens (tertiary/aromatic N) is 3. The van der Waals surface area contributed by atoms with E-state index in [1.165, 1.54) is 23.3 Å². The normalized spacial score (nSPS) is 10.2. The third-order valence-corrected chi connectivity index (χ3v) is 2.40. The van der Waals surface area contributed by atoms with Gasteiger partial charge in [0.15, 0.2) is 0 Å². The van der Waals surface area contributed by atoms with E-state index in [0.29, 0.717) is 10.8 Å². The van der Waals surface area contributed by atoms with E-state index in [1.807, 2.05) is 0 Å². The predicted octanol–water partition coefficient (Wildman–Crippen LogP) is 1.27. The summed E-state index contributed by atoms with van der Waals surface area (Å²) in [6.45, 7) is -0.0996. The average molecular weight is 281 g/mol. The molecule has 8 heteroatoms. The number of hydrogen-bond donors (Lipinski definition) is 2. The lowest BCUT2D eigenvalue weighted by molar-refractivity contribution is -0.116. The molecule has 2 aromatic heterocycles. The van der Waals surface area contributed by atoms with Gasteiger partial charge < -0.3 is 10.4 Å². The molecule has 19 heavy (non-hydrogen) atoms. The Bertz CT molecular complexity index is 609. The SMILES string of the molecule is O=C(Cn1cc(C(=O)O)cn1)Nc1ccc(Cl)cn1. The van der Waals surface area contributed by atoms with Crippen LogP contribution in [0.4, 0.5) is 5.82 Å². The molecular formula is C11H9ClN4O3. The minimum Gasteiger partial charge on any atom is -0.478 e. The van der Waals surface area contributed by atoms with Gasteiger partial charge in [-0.1, -0.05) is 11.6 Å². The van der Waals surface area contributed by atoms with Gasteiger partial charge in [-0.05, 0) is 12.1 Å². The fourth-order valence-electron chi connectivity index (χ4n) is 1.34. The van der Waals surface area contributed by atoms with Gasteiger partial charge in [0, 0.05) is 12.4 Å². The summed E-state index contributed by atoms with van der Waals surface area (Å²) in [4.78, 5) is 26.2. The van der Waals surface area contributed by atoms with Gasteiger partial charge in [-0.25, -0.2) is 9.78 Å². The minimum absolute atomic E-state index is 0.0254. The molecule has 0 spiro atoms. The summed E-state index contributed by atoms with van der Waals surface area (Å²) in [5, 5.41) is 15.5. The van der Waals surface area contributed by atoms with Crippen LogP contribution in [-0.4, -0.2) is 31.7 Å². The van der Waals surface area contributed by atoms with Crippen molar-refractivity contribution >= 4 is 29.3 Å². The molecule has 0 aromatic carbocycles. The number of rotatable bonds is 4. The fourth-order valence-corrected chi connectivity index (χ4v) is 1.45. The molecule has 0 aliphatic carbocycles. The summed E-state index contributed by atoms with van der Waals surface area (Å²) in [5.74, 6) is -1.10. The number of hydrogen-bond acceptors (Lipinski definition) is 4. The first-order valence-electron chi connectivity index (χ1n) is 5.22. The molecule has 0 fully saturated rings. The smallest absolute Gasteiger partial charge is 0.338 e. The van der Waals surface area contributed by atoms with Gasteiger partial charge in [0.2, 0.25) is 5.91 Å². The lowest BCUT2D eigenvalue weighted by Gasteiger charge is -2.04. The summed E-state index contributed by atoms with van der Waals surface area (Å²) in [7, 11) is 0. The summed E-state index contributed by atoms with van der Waals surface area (Å²) in [6.07, 6.45) is 3.86. The zero-order valence-electron chi connectivity index (χ0n) is 9.58. The van der Waals surface area contributed by atoms with Crippen LogP contribution >= 0.6 is 11.6 Å². The molecule has 98 valence electrons. The highest BCUT2D eigenvalue weighted by Gasteiger charge is 2.09. The number of carbonyl (C=O) groups is 2. The van der Waals surface area contributed by atoms with Crippen LogP contribution in [0.15, 0.2) is 30.7 Å². The van der Waals surface area contributed by atoms with Crippen molar-refractivity contribution in [2.75, 3.05) is 5.32 Å². The Balaban J connectivity index is 1.97. The molecule has 2 heterocycles. The standard InChI is InChI=1S/C11H9ClN4O3/c12-8-1-2-9(13-4-8)15-10(17)6-16-5-7(3-14-16)11(18)19/h1-5H,6H2,(H,18,19)(H,13,15,17). The second-order valence-electron chi connectivity index (χ2n) is 3.64. The van der Waals surface area contributed by atoms with Crippen molar-refractivity contribution < 1.29 is 14.7 Å². The highest BCUT2D eigenvalue weighted by molar-refractivity contribution is 6.30. The Morgan fingerprint density at radius 3 is 2.74 bits per heavy atom. The van der Waals surface area contributed by atoms with E-state index in [1.54, 1.807) is 12.1 Å². The number of halogens is 1. The minimum atomic E-state index is -1.09. The van der Waals surface area contributed by atoms with Gasteiger partial charge >= 0.3 is 5.97 Å². The molecule has 2 rings (SSSR count). The van der Waals surface area contributed by atoms with Crippen LogP contribution < -0.4 is 5.32 Å². The molecule has 2 aromatic rings. The average Bonchev–Trinajstić information content (AvgIpc) is 2.80. The first-order chi connectivity index (χ1) is 9.04. The van der Waals surface area contributed by atoms with E-state index < -0.39 is 5.97 Å². The summed E-state index contributed by atoms with van der Waals surface area (Å²) < 4.78 is 1.23. The van der Waals surface area contributed by atoms with Crippen molar-refractivity contribution in [2.24, 2.45) is 0 Å². The molecule has 0 atom stereocenters. The maximum Gasteiger partial charge on any atom is 0.338 e. The lowest BCUT2D eigenvalue weighted by atomic mass is 10.4. The number of aromatic nitrogens is 3. The maximum absolute atomic E-state index is 11.7. The van der Waals surface area contributed by atoms with E-state index in [-0.39, 0.29) is 18.0 Å². The van der Waals surface area contributed by atoms with E-state index in [4.69, 9.17) is 16.7 Å². The Hall–Kier alpha value is -2.41. The van der Waals surface area contributed by atoms with Crippen LogP contribution in [0.2, 0.25) is 5.02 Å². The fraction of sp³-hybridized carbons (Fsp3) is 0.0909. The highest BCUT2D eigenvalue weighted by atomic mass is 35.5. The van der Waals surface area contributed by atoms with E-state index >= 15 is 0 Å². The van der Waals surface area contributed by atoms with Gasteiger partial charge in [-0.2, -0.15) is 5.10 Å². The topological polar surface area (TPSA) is 97.1 Å². The van der Waals surface area contributed by atoms with Crippen LogP contribution in [0.1, 0.15) is 10.4 Å². The molecule has 1 amide bonds. The second-order valence-corrected chi connectivity index (χ2v) is 4.08. The van der Waals surface area contributed by atoms with Crippen LogP contribution in [-0.2, 0) is 11.3 Å². The van der Waals surface area contributed by atoms with Crippen LogP contribution in [0, 0.1) is 0 Å². The molecule has 0 saturated heterocycles. The summed E-state index contributed by atoms with van der Waals surface area (Å²) in [6, 6.07) is 3.16. The zero-order valence-corrected chi connectivity index (χ0v) is 10.3. The number of carboxylic acids is 1. The predicted molar refractivity (Wildman–Crippen MR) is 67.1 cm³/mol. The van der Waals surface area contributed by atoms with Crippen molar-refractivity contribution in [1.29, 1.82) is 0 Å². The van der Waals surface area contributed by atoms with E-state index in [2.05, 4.69) is 15.4 Å². The first-order valence-corrected chi connectivity index (χ1v) is 5.59. The Morgan fingerprint density at radius 2 is 2.16 bits per heavy atom. The lowest BCUT2D eigenvalue weighted by Crippen LogP contribution is -2.19. The molecule has 2 N–H and O–H groups in total. The molecule has 0 bridgehead atoms. The van der Waals surface area contributed by atoms with Gasteiger partial charge in [0.25, 0.3) is 0 Å². The Kier molecular flexibility index (Phi) is 3.76. The van der Waals surface area contributed by atoms with Crippen LogP contribution in [0.3, 0.4) is 0 Å². The van der Waals surface area contributed by atoms with Crippen molar-refractivity contribution in [3.05, 3.63) is 41.3 Å². The maximum atomic E-state index is 11.7. The first kappa shape index (κ1) is 13.0. The number of amides is 1. The molecule has 7 nitrogen and oxygen atoms in total. The number of pyridine rings is 1. The number of carboxylic acid groups (broad SMARTS) is 1. The largest absolute Gasteiger partial charge is 0.478 e. The highest BCUT2D eigenvalue weighted by Crippen LogP contribution is 2.09. The molecule has 0 aliphatic heterocycles. The summed E-state index contributed by atoms with van der Waals surface area (Å²) in [5.41, 5.74) is 0.0254. The summed E-state index contributed by atoms with van der Waals surface area (Å²) >= 11 is 5.67. The van der Waals surface area contributed by atoms with Crippen molar-refractivity contribution in [2.45, 2.75) is 6.54 Å². The van der Waals surface area contributed by atoms with Crippen LogP contribution in [0.5, 0.6) is 0 Å². The molecule has 0 radical (unpaired) electrons. The van der Waals surface area contributed by atoms with Crippen molar-refractivity contribution in [1.82, 2.24) is 14.8 Å².